The van der Waals surface area contributed by atoms with Crippen molar-refractivity contribution in [3.63, 3.8) is 0 Å². The molecule has 3 atom stereocenters. The molecule has 4 N–H and O–H groups in total. The van der Waals surface area contributed by atoms with Gasteiger partial charge >= 0.3 is 0 Å². The van der Waals surface area contributed by atoms with E-state index in [0.717, 1.165) is 19.4 Å². The van der Waals surface area contributed by atoms with E-state index in [1.54, 1.807) is 0 Å². The minimum absolute atomic E-state index is 0.0126. The second-order valence-corrected chi connectivity index (χ2v) is 7.33. The minimum Gasteiger partial charge on any atom is -0.377 e. The Labute approximate surface area is 132 Å². The van der Waals surface area contributed by atoms with E-state index >= 15 is 0 Å². The molecule has 6 heteroatoms. The zero-order valence-corrected chi connectivity index (χ0v) is 14.1. The molecule has 1 saturated carbocycles. The van der Waals surface area contributed by atoms with Crippen molar-refractivity contribution in [1.82, 2.24) is 10.6 Å². The topological polar surface area (TPSA) is 93.5 Å². The Kier molecular flexibility index (Phi) is 4.82. The van der Waals surface area contributed by atoms with Crippen LogP contribution in [0.4, 0.5) is 0 Å². The average molecular weight is 311 g/mol. The van der Waals surface area contributed by atoms with Crippen LogP contribution in [0.15, 0.2) is 0 Å². The van der Waals surface area contributed by atoms with Gasteiger partial charge in [-0.25, -0.2) is 0 Å². The number of rotatable bonds is 5. The Hall–Kier alpha value is -1.14. The molecule has 126 valence electrons. The van der Waals surface area contributed by atoms with Crippen LogP contribution in [0.3, 0.4) is 0 Å². The predicted molar refractivity (Wildman–Crippen MR) is 84.0 cm³/mol. The lowest BCUT2D eigenvalue weighted by molar-refractivity contribution is -0.225. The van der Waals surface area contributed by atoms with Crippen LogP contribution in [0.2, 0.25) is 0 Å². The van der Waals surface area contributed by atoms with Gasteiger partial charge in [0.15, 0.2) is 0 Å². The van der Waals surface area contributed by atoms with Crippen molar-refractivity contribution in [2.24, 2.45) is 23.0 Å². The van der Waals surface area contributed by atoms with Gasteiger partial charge in [-0.1, -0.05) is 27.7 Å². The molecule has 1 saturated heterocycles. The summed E-state index contributed by atoms with van der Waals surface area (Å²) in [5.41, 5.74) is 5.23. The van der Waals surface area contributed by atoms with E-state index in [2.05, 4.69) is 10.6 Å². The van der Waals surface area contributed by atoms with Crippen LogP contribution in [0.5, 0.6) is 0 Å². The Morgan fingerprint density at radius 2 is 1.91 bits per heavy atom. The van der Waals surface area contributed by atoms with Crippen molar-refractivity contribution in [3.8, 4) is 0 Å². The lowest BCUT2D eigenvalue weighted by Crippen LogP contribution is -2.82. The number of ether oxygens (including phenoxy) is 1. The van der Waals surface area contributed by atoms with Gasteiger partial charge in [0.1, 0.15) is 5.54 Å². The van der Waals surface area contributed by atoms with Gasteiger partial charge in [-0.05, 0) is 12.8 Å². The summed E-state index contributed by atoms with van der Waals surface area (Å²) in [4.78, 5) is 24.1. The van der Waals surface area contributed by atoms with E-state index in [4.69, 9.17) is 10.5 Å². The molecular formula is C16H29N3O3. The van der Waals surface area contributed by atoms with Gasteiger partial charge < -0.3 is 21.1 Å². The molecule has 0 radical (unpaired) electrons. The smallest absolute Gasteiger partial charge is 0.241 e. The third-order valence-corrected chi connectivity index (χ3v) is 5.29. The molecule has 1 heterocycles. The van der Waals surface area contributed by atoms with Gasteiger partial charge in [-0.3, -0.25) is 9.59 Å². The maximum absolute atomic E-state index is 12.6. The highest BCUT2D eigenvalue weighted by Crippen LogP contribution is 2.57. The maximum Gasteiger partial charge on any atom is 0.241 e. The minimum atomic E-state index is -0.889. The van der Waals surface area contributed by atoms with Crippen molar-refractivity contribution in [2.45, 2.75) is 52.2 Å². The number of hydrogen-bond acceptors (Lipinski definition) is 4. The first-order valence-electron chi connectivity index (χ1n) is 8.19. The van der Waals surface area contributed by atoms with Gasteiger partial charge in [0.2, 0.25) is 11.8 Å². The van der Waals surface area contributed by atoms with E-state index < -0.39 is 5.54 Å². The maximum atomic E-state index is 12.6. The summed E-state index contributed by atoms with van der Waals surface area (Å²) >= 11 is 0. The van der Waals surface area contributed by atoms with Gasteiger partial charge in [-0.2, -0.15) is 0 Å². The van der Waals surface area contributed by atoms with E-state index in [1.807, 2.05) is 27.7 Å². The molecule has 2 amide bonds. The Morgan fingerprint density at radius 1 is 1.27 bits per heavy atom. The summed E-state index contributed by atoms with van der Waals surface area (Å²) in [7, 11) is 0. The van der Waals surface area contributed by atoms with Gasteiger partial charge in [0.25, 0.3) is 0 Å². The van der Waals surface area contributed by atoms with Gasteiger partial charge in [0, 0.05) is 36.9 Å². The number of hydrogen-bond donors (Lipinski definition) is 3. The fourth-order valence-corrected chi connectivity index (χ4v) is 3.75. The molecule has 0 spiro atoms. The second-order valence-electron chi connectivity index (χ2n) is 7.33. The molecule has 2 fully saturated rings. The van der Waals surface area contributed by atoms with Gasteiger partial charge in [0.05, 0.1) is 6.10 Å². The van der Waals surface area contributed by atoms with Crippen LogP contribution in [-0.4, -0.2) is 43.2 Å². The van der Waals surface area contributed by atoms with E-state index in [0.29, 0.717) is 13.1 Å². The Morgan fingerprint density at radius 3 is 2.55 bits per heavy atom. The van der Waals surface area contributed by atoms with Crippen LogP contribution < -0.4 is 16.4 Å². The Bertz CT molecular complexity index is 450. The molecule has 0 aromatic heterocycles. The lowest BCUT2D eigenvalue weighted by Gasteiger charge is -2.65. The van der Waals surface area contributed by atoms with Crippen LogP contribution >= 0.6 is 0 Å². The van der Waals surface area contributed by atoms with E-state index in [9.17, 15) is 9.59 Å². The SMILES string of the molecule is CC(C)C(=O)NCCNC(=O)C1(N)C2CCCOC2C1(C)C. The number of carbonyl (C=O) groups is 2. The summed E-state index contributed by atoms with van der Waals surface area (Å²) in [6, 6.07) is 0. The number of amides is 2. The monoisotopic (exact) mass is 311 g/mol. The Balaban J connectivity index is 1.87. The zero-order chi connectivity index (χ0) is 16.5. The molecular weight excluding hydrogens is 282 g/mol. The standard InChI is InChI=1S/C16H29N3O3/c1-10(2)13(20)18-7-8-19-14(21)16(17)11-6-5-9-22-12(11)15(16,3)4/h10-12H,5-9,17H2,1-4H3,(H,18,20)(H,19,21). The number of nitrogens with two attached hydrogens (primary N) is 1. The lowest BCUT2D eigenvalue weighted by atomic mass is 9.46. The third kappa shape index (κ3) is 2.63. The first-order chi connectivity index (χ1) is 10.2. The first kappa shape index (κ1) is 17.2. The summed E-state index contributed by atoms with van der Waals surface area (Å²) in [5, 5.41) is 5.66. The summed E-state index contributed by atoms with van der Waals surface area (Å²) in [6.07, 6.45) is 1.95. The molecule has 3 unspecified atom stereocenters. The van der Waals surface area contributed by atoms with Crippen LogP contribution in [0.25, 0.3) is 0 Å². The molecule has 0 aromatic carbocycles. The highest BCUT2D eigenvalue weighted by molar-refractivity contribution is 5.89. The molecule has 6 nitrogen and oxygen atoms in total. The molecule has 22 heavy (non-hydrogen) atoms. The van der Waals surface area contributed by atoms with Crippen LogP contribution in [-0.2, 0) is 14.3 Å². The fraction of sp³-hybridized carbons (Fsp3) is 0.875. The van der Waals surface area contributed by atoms with Crippen LogP contribution in [0.1, 0.15) is 40.5 Å². The van der Waals surface area contributed by atoms with Crippen molar-refractivity contribution in [1.29, 1.82) is 0 Å². The highest BCUT2D eigenvalue weighted by Gasteiger charge is 2.70. The highest BCUT2D eigenvalue weighted by atomic mass is 16.5. The fourth-order valence-electron chi connectivity index (χ4n) is 3.75. The van der Waals surface area contributed by atoms with E-state index in [-0.39, 0.29) is 35.2 Å². The van der Waals surface area contributed by atoms with E-state index in [1.165, 1.54) is 0 Å². The molecule has 0 bridgehead atoms. The first-order valence-corrected chi connectivity index (χ1v) is 8.19. The average Bonchev–Trinajstić information content (AvgIpc) is 2.49. The zero-order valence-electron chi connectivity index (χ0n) is 14.1. The quantitative estimate of drug-likeness (QED) is 0.641. The van der Waals surface area contributed by atoms with Crippen molar-refractivity contribution < 1.29 is 14.3 Å². The third-order valence-electron chi connectivity index (χ3n) is 5.29. The molecule has 1 aliphatic carbocycles. The largest absolute Gasteiger partial charge is 0.377 e. The van der Waals surface area contributed by atoms with Crippen molar-refractivity contribution >= 4 is 11.8 Å². The molecule has 2 rings (SSSR count). The van der Waals surface area contributed by atoms with Crippen LogP contribution in [0, 0.1) is 17.3 Å². The van der Waals surface area contributed by atoms with Gasteiger partial charge in [-0.15, -0.1) is 0 Å². The normalized spacial score (nSPS) is 32.8. The summed E-state index contributed by atoms with van der Waals surface area (Å²) in [6.45, 7) is 9.24. The molecule has 0 aromatic rings. The number of fused-ring (bicyclic) bond motifs is 1. The number of nitrogens with one attached hydrogen (secondary N) is 2. The molecule has 2 aliphatic rings. The van der Waals surface area contributed by atoms with Crippen molar-refractivity contribution in [3.05, 3.63) is 0 Å². The molecule has 1 aliphatic heterocycles. The van der Waals surface area contributed by atoms with Crippen molar-refractivity contribution in [2.75, 3.05) is 19.7 Å². The summed E-state index contributed by atoms with van der Waals surface area (Å²) < 4.78 is 5.80. The summed E-state index contributed by atoms with van der Waals surface area (Å²) in [5.74, 6) is -0.117. The second kappa shape index (κ2) is 6.16. The number of carbonyl (C=O) groups excluding carboxylic acids is 2. The predicted octanol–water partition coefficient (Wildman–Crippen LogP) is 0.407.